The van der Waals surface area contributed by atoms with Crippen LogP contribution in [0.25, 0.3) is 6.08 Å². The van der Waals surface area contributed by atoms with Gasteiger partial charge in [0.1, 0.15) is 5.75 Å². The van der Waals surface area contributed by atoms with Crippen LogP contribution in [0.4, 0.5) is 0 Å². The number of Topliss-reactive ketones (excluding diaryl/α,β-unsaturated/α-hetero) is 1. The summed E-state index contributed by atoms with van der Waals surface area (Å²) in [5.74, 6) is 0.484. The lowest BCUT2D eigenvalue weighted by atomic mass is 10.1. The molecule has 2 heteroatoms. The number of hydrogen-bond donors (Lipinski definition) is 1. The van der Waals surface area contributed by atoms with Crippen LogP contribution in [-0.2, 0) is 4.79 Å². The van der Waals surface area contributed by atoms with E-state index in [1.807, 2.05) is 12.1 Å². The molecule has 2 rings (SSSR count). The fourth-order valence-electron chi connectivity index (χ4n) is 1.71. The van der Waals surface area contributed by atoms with Crippen molar-refractivity contribution in [2.75, 3.05) is 0 Å². The number of aromatic hydroxyl groups is 1. The van der Waals surface area contributed by atoms with E-state index in [0.717, 1.165) is 24.0 Å². The van der Waals surface area contributed by atoms with Crippen LogP contribution in [0.15, 0.2) is 29.8 Å². The zero-order valence-electron chi connectivity index (χ0n) is 7.86. The Morgan fingerprint density at radius 3 is 2.79 bits per heavy atom. The molecule has 0 unspecified atom stereocenters. The molecule has 0 saturated heterocycles. The highest BCUT2D eigenvalue weighted by atomic mass is 16.3. The van der Waals surface area contributed by atoms with E-state index in [4.69, 9.17) is 0 Å². The van der Waals surface area contributed by atoms with Gasteiger partial charge in [0.15, 0.2) is 5.78 Å². The summed E-state index contributed by atoms with van der Waals surface area (Å²) in [7, 11) is 0. The monoisotopic (exact) mass is 188 g/mol. The van der Waals surface area contributed by atoms with Crippen LogP contribution in [0.3, 0.4) is 0 Å². The van der Waals surface area contributed by atoms with Gasteiger partial charge in [-0.2, -0.15) is 0 Å². The average molecular weight is 188 g/mol. The Bertz CT molecular complexity index is 391. The van der Waals surface area contributed by atoms with E-state index in [-0.39, 0.29) is 11.5 Å². The molecule has 1 aromatic rings. The van der Waals surface area contributed by atoms with Crippen LogP contribution in [0.5, 0.6) is 5.75 Å². The number of ketones is 1. The fraction of sp³-hybridized carbons (Fsp3) is 0.250. The predicted octanol–water partition coefficient (Wildman–Crippen LogP) is 2.53. The van der Waals surface area contributed by atoms with Gasteiger partial charge < -0.3 is 5.11 Å². The van der Waals surface area contributed by atoms with Crippen LogP contribution in [0, 0.1) is 0 Å². The van der Waals surface area contributed by atoms with Crippen molar-refractivity contribution in [1.29, 1.82) is 0 Å². The molecule has 0 aliphatic heterocycles. The summed E-state index contributed by atoms with van der Waals surface area (Å²) in [6, 6.07) is 6.95. The molecule has 0 heterocycles. The third-order valence-corrected chi connectivity index (χ3v) is 2.42. The Kier molecular flexibility index (Phi) is 2.35. The number of benzene rings is 1. The largest absolute Gasteiger partial charge is 0.508 e. The van der Waals surface area contributed by atoms with E-state index in [1.165, 1.54) is 0 Å². The van der Waals surface area contributed by atoms with Crippen molar-refractivity contribution in [2.24, 2.45) is 0 Å². The maximum atomic E-state index is 11.3. The van der Waals surface area contributed by atoms with Crippen molar-refractivity contribution < 1.29 is 9.90 Å². The van der Waals surface area contributed by atoms with Crippen molar-refractivity contribution in [3.63, 3.8) is 0 Å². The molecule has 72 valence electrons. The lowest BCUT2D eigenvalue weighted by Gasteiger charge is -1.97. The number of hydrogen-bond acceptors (Lipinski definition) is 2. The molecule has 1 aromatic carbocycles. The normalized spacial score (nSPS) is 19.1. The Hall–Kier alpha value is -1.57. The van der Waals surface area contributed by atoms with Gasteiger partial charge in [0.05, 0.1) is 0 Å². The molecule has 14 heavy (non-hydrogen) atoms. The molecule has 0 aromatic heterocycles. The van der Waals surface area contributed by atoms with Gasteiger partial charge in [-0.05, 0) is 42.2 Å². The maximum absolute atomic E-state index is 11.3. The summed E-state index contributed by atoms with van der Waals surface area (Å²) in [5, 5.41) is 9.24. The fourth-order valence-corrected chi connectivity index (χ4v) is 1.71. The lowest BCUT2D eigenvalue weighted by molar-refractivity contribution is -0.114. The van der Waals surface area contributed by atoms with Crippen molar-refractivity contribution in [1.82, 2.24) is 0 Å². The molecule has 1 aliphatic rings. The number of rotatable bonds is 1. The first kappa shape index (κ1) is 9.00. The van der Waals surface area contributed by atoms with Crippen LogP contribution in [-0.4, -0.2) is 10.9 Å². The molecular formula is C12H12O2. The highest BCUT2D eigenvalue weighted by Gasteiger charge is 2.16. The quantitative estimate of drug-likeness (QED) is 0.687. The zero-order chi connectivity index (χ0) is 9.97. The first-order valence-electron chi connectivity index (χ1n) is 4.78. The average Bonchev–Trinajstić information content (AvgIpc) is 2.52. The molecule has 0 bridgehead atoms. The van der Waals surface area contributed by atoms with Crippen LogP contribution in [0.2, 0.25) is 0 Å². The molecule has 0 amide bonds. The van der Waals surface area contributed by atoms with E-state index in [0.29, 0.717) is 6.42 Å². The second kappa shape index (κ2) is 3.66. The zero-order valence-corrected chi connectivity index (χ0v) is 7.86. The maximum Gasteiger partial charge on any atom is 0.158 e. The molecule has 0 spiro atoms. The Morgan fingerprint density at radius 1 is 1.29 bits per heavy atom. The summed E-state index contributed by atoms with van der Waals surface area (Å²) >= 11 is 0. The summed E-state index contributed by atoms with van der Waals surface area (Å²) in [5.41, 5.74) is 1.78. The van der Waals surface area contributed by atoms with E-state index in [2.05, 4.69) is 0 Å². The van der Waals surface area contributed by atoms with Gasteiger partial charge >= 0.3 is 0 Å². The van der Waals surface area contributed by atoms with E-state index in [1.54, 1.807) is 18.2 Å². The van der Waals surface area contributed by atoms with Gasteiger partial charge in [0.2, 0.25) is 0 Å². The summed E-state index contributed by atoms with van der Waals surface area (Å²) in [6.07, 6.45) is 4.37. The van der Waals surface area contributed by atoms with Gasteiger partial charge in [-0.1, -0.05) is 12.1 Å². The van der Waals surface area contributed by atoms with Gasteiger partial charge in [-0.3, -0.25) is 4.79 Å². The topological polar surface area (TPSA) is 37.3 Å². The van der Waals surface area contributed by atoms with E-state index >= 15 is 0 Å². The first-order chi connectivity index (χ1) is 6.75. The standard InChI is InChI=1S/C12H12O2/c13-11-5-1-3-9(8-11)7-10-4-2-6-12(10)14/h1,3,5,7-8,13H,2,4,6H2/b10-7+. The third-order valence-electron chi connectivity index (χ3n) is 2.42. The summed E-state index contributed by atoms with van der Waals surface area (Å²) in [6.45, 7) is 0. The van der Waals surface area contributed by atoms with Crippen LogP contribution >= 0.6 is 0 Å². The lowest BCUT2D eigenvalue weighted by Crippen LogP contribution is -1.90. The smallest absolute Gasteiger partial charge is 0.158 e. The summed E-state index contributed by atoms with van der Waals surface area (Å²) < 4.78 is 0. The third kappa shape index (κ3) is 1.84. The number of phenolic OH excluding ortho intramolecular Hbond substituents is 1. The second-order valence-corrected chi connectivity index (χ2v) is 3.54. The van der Waals surface area contributed by atoms with Gasteiger partial charge in [-0.25, -0.2) is 0 Å². The first-order valence-corrected chi connectivity index (χ1v) is 4.78. The van der Waals surface area contributed by atoms with Crippen molar-refractivity contribution in [3.8, 4) is 5.75 Å². The Balaban J connectivity index is 2.28. The molecule has 1 N–H and O–H groups in total. The van der Waals surface area contributed by atoms with Gasteiger partial charge in [0.25, 0.3) is 0 Å². The van der Waals surface area contributed by atoms with Crippen molar-refractivity contribution >= 4 is 11.9 Å². The van der Waals surface area contributed by atoms with Crippen molar-refractivity contribution in [2.45, 2.75) is 19.3 Å². The summed E-state index contributed by atoms with van der Waals surface area (Å²) in [4.78, 5) is 11.3. The molecule has 1 fully saturated rings. The minimum Gasteiger partial charge on any atom is -0.508 e. The Morgan fingerprint density at radius 2 is 2.14 bits per heavy atom. The van der Waals surface area contributed by atoms with E-state index in [9.17, 15) is 9.90 Å². The Labute approximate surface area is 82.9 Å². The second-order valence-electron chi connectivity index (χ2n) is 3.54. The number of phenols is 1. The SMILES string of the molecule is O=C1CCC/C1=C\c1cccc(O)c1. The van der Waals surface area contributed by atoms with Gasteiger partial charge in [-0.15, -0.1) is 0 Å². The van der Waals surface area contributed by atoms with Crippen LogP contribution in [0.1, 0.15) is 24.8 Å². The van der Waals surface area contributed by atoms with E-state index < -0.39 is 0 Å². The minimum absolute atomic E-state index is 0.241. The number of allylic oxidation sites excluding steroid dienone is 1. The molecule has 0 radical (unpaired) electrons. The number of carbonyl (C=O) groups is 1. The van der Waals surface area contributed by atoms with Crippen molar-refractivity contribution in [3.05, 3.63) is 35.4 Å². The molecule has 1 saturated carbocycles. The molecular weight excluding hydrogens is 176 g/mol. The molecule has 1 aliphatic carbocycles. The highest BCUT2D eigenvalue weighted by molar-refractivity contribution is 6.01. The number of carbonyl (C=O) groups excluding carboxylic acids is 1. The van der Waals surface area contributed by atoms with Gasteiger partial charge in [0, 0.05) is 6.42 Å². The molecule has 2 nitrogen and oxygen atoms in total. The minimum atomic E-state index is 0.241. The predicted molar refractivity (Wildman–Crippen MR) is 54.9 cm³/mol. The van der Waals surface area contributed by atoms with Crippen LogP contribution < -0.4 is 0 Å². The highest BCUT2D eigenvalue weighted by Crippen LogP contribution is 2.23. The molecule has 0 atom stereocenters.